The molecule has 2 saturated heterocycles. The summed E-state index contributed by atoms with van der Waals surface area (Å²) in [6.07, 6.45) is 25.9. The minimum absolute atomic E-state index is 0.0770. The number of aliphatic hydroxyl groups excluding tert-OH is 2. The molecule has 5 N–H and O–H groups in total. The Labute approximate surface area is 482 Å². The smallest absolute Gasteiger partial charge is 0.160 e. The van der Waals surface area contributed by atoms with Crippen LogP contribution in [-0.2, 0) is 38.4 Å². The molecule has 10 nitrogen and oxygen atoms in total. The second-order valence-electron chi connectivity index (χ2n) is 31.4. The van der Waals surface area contributed by atoms with Crippen LogP contribution in [0.4, 0.5) is 0 Å². The Hall–Kier alpha value is -3.80. The summed E-state index contributed by atoms with van der Waals surface area (Å²) in [5.74, 6) is 1.42. The first-order chi connectivity index (χ1) is 38.7. The lowest BCUT2D eigenvalue weighted by Crippen LogP contribution is -2.77. The van der Waals surface area contributed by atoms with Crippen LogP contribution in [0.5, 0.6) is 0 Å². The summed E-state index contributed by atoms with van der Waals surface area (Å²) in [6, 6.07) is 9.92. The van der Waals surface area contributed by atoms with Crippen LogP contribution in [0.25, 0.3) is 11.0 Å². The number of H-pyrrole nitrogens is 2. The van der Waals surface area contributed by atoms with Crippen molar-refractivity contribution in [2.75, 3.05) is 26.8 Å². The summed E-state index contributed by atoms with van der Waals surface area (Å²) in [6.45, 7) is 19.6. The Balaban J connectivity index is 0.931. The zero-order valence-electron chi connectivity index (χ0n) is 50.5. The summed E-state index contributed by atoms with van der Waals surface area (Å²) < 4.78 is 14.7. The average molecular weight is 1100 g/mol. The van der Waals surface area contributed by atoms with Crippen LogP contribution >= 0.6 is 0 Å². The number of hydrogen-bond donors (Lipinski definition) is 5. The second-order valence-corrected chi connectivity index (χ2v) is 31.4. The normalized spacial score (nSPS) is 40.8. The Bertz CT molecular complexity index is 3190. The van der Waals surface area contributed by atoms with Crippen molar-refractivity contribution < 1.29 is 29.3 Å². The number of aliphatic hydroxyl groups is 2. The molecule has 1 aromatic carbocycles. The minimum Gasteiger partial charge on any atom is -0.392 e. The molecule has 14 unspecified atom stereocenters. The van der Waals surface area contributed by atoms with Gasteiger partial charge in [-0.3, -0.25) is 9.59 Å². The van der Waals surface area contributed by atoms with E-state index in [1.54, 1.807) is 0 Å². The summed E-state index contributed by atoms with van der Waals surface area (Å²) >= 11 is 0. The topological polar surface area (TPSA) is 145 Å². The number of carbonyl (C=O) groups is 2. The Morgan fingerprint density at radius 2 is 1.59 bits per heavy atom. The van der Waals surface area contributed by atoms with Gasteiger partial charge in [0.25, 0.3) is 0 Å². The van der Waals surface area contributed by atoms with E-state index >= 15 is 9.59 Å². The molecule has 15 rings (SSSR count). The van der Waals surface area contributed by atoms with Gasteiger partial charge in [-0.15, -0.1) is 0 Å². The highest BCUT2D eigenvalue weighted by Gasteiger charge is 2.84. The fourth-order valence-corrected chi connectivity index (χ4v) is 23.8. The monoisotopic (exact) mass is 1100 g/mol. The first-order valence-corrected chi connectivity index (χ1v) is 32.8. The van der Waals surface area contributed by atoms with Crippen molar-refractivity contribution in [1.29, 1.82) is 0 Å². The van der Waals surface area contributed by atoms with Gasteiger partial charge in [-0.2, -0.15) is 0 Å². The molecular formula is C71H96N4O6. The van der Waals surface area contributed by atoms with E-state index in [2.05, 4.69) is 111 Å². The van der Waals surface area contributed by atoms with E-state index in [1.165, 1.54) is 87.8 Å². The van der Waals surface area contributed by atoms with Crippen LogP contribution in [0.3, 0.4) is 0 Å². The molecule has 8 fully saturated rings. The highest BCUT2D eigenvalue weighted by molar-refractivity contribution is 6.02. The van der Waals surface area contributed by atoms with Crippen molar-refractivity contribution in [1.82, 2.24) is 19.9 Å². The van der Waals surface area contributed by atoms with Crippen molar-refractivity contribution in [3.63, 3.8) is 0 Å². The first-order valence-electron chi connectivity index (χ1n) is 32.8. The summed E-state index contributed by atoms with van der Waals surface area (Å²) in [5.41, 5.74) is 10.3. The zero-order chi connectivity index (χ0) is 56.0. The molecule has 6 heterocycles. The van der Waals surface area contributed by atoms with Gasteiger partial charge in [0.1, 0.15) is 11.9 Å². The predicted octanol–water partition coefficient (Wildman–Crippen LogP) is 13.4. The van der Waals surface area contributed by atoms with Gasteiger partial charge in [-0.1, -0.05) is 84.9 Å². The van der Waals surface area contributed by atoms with Gasteiger partial charge in [-0.25, -0.2) is 0 Å². The fraction of sp³-hybridized carbons (Fsp3) is 0.718. The second kappa shape index (κ2) is 18.4. The molecule has 81 heavy (non-hydrogen) atoms. The zero-order valence-corrected chi connectivity index (χ0v) is 50.5. The quantitative estimate of drug-likeness (QED) is 0.0995. The molecule has 3 aromatic heterocycles. The summed E-state index contributed by atoms with van der Waals surface area (Å²) in [4.78, 5) is 40.3. The molecule has 10 heteroatoms. The largest absolute Gasteiger partial charge is 0.392 e. The molecule has 436 valence electrons. The SMILES string of the molecule is CNCCC1(C)C(=O)C2c3cc[nH]c3C3CCC2(C3)C2(C)C1C1(CCCC1)CC1(C)C2C(O)C2Cn3cc(Cc4cc(C5CCCCC5)cc(C5CCOCC5)c4)c4[nH]cc(c43)CCC(C)(CC(O)C3OC3(C)C)C3=C2C1(C)CC3=O. The highest BCUT2D eigenvalue weighted by atomic mass is 16.6. The lowest BCUT2D eigenvalue weighted by atomic mass is 9.24. The van der Waals surface area contributed by atoms with Crippen LogP contribution < -0.4 is 5.32 Å². The van der Waals surface area contributed by atoms with Crippen molar-refractivity contribution in [2.24, 2.45) is 55.7 Å². The predicted molar refractivity (Wildman–Crippen MR) is 317 cm³/mol. The van der Waals surface area contributed by atoms with E-state index in [4.69, 9.17) is 9.47 Å². The number of aromatic nitrogens is 3. The number of allylic oxidation sites excluding steroid dienone is 1. The number of epoxide rings is 1. The molecule has 0 amide bonds. The molecule has 11 aliphatic rings. The summed E-state index contributed by atoms with van der Waals surface area (Å²) in [7, 11) is 2.05. The van der Waals surface area contributed by atoms with E-state index in [0.717, 1.165) is 109 Å². The number of rotatable bonds is 10. The molecule has 8 aliphatic carbocycles. The maximum absolute atomic E-state index is 16.5. The van der Waals surface area contributed by atoms with Crippen LogP contribution in [0.15, 0.2) is 54.0 Å². The molecular weight excluding hydrogens is 1000 g/mol. The number of Topliss-reactive ketones (excluding diaryl/α,β-unsaturated/α-hetero) is 2. The van der Waals surface area contributed by atoms with Crippen molar-refractivity contribution in [3.8, 4) is 0 Å². The minimum atomic E-state index is -0.787. The molecule has 2 spiro atoms. The van der Waals surface area contributed by atoms with Crippen molar-refractivity contribution >= 4 is 22.6 Å². The maximum atomic E-state index is 16.5. The van der Waals surface area contributed by atoms with Gasteiger partial charge >= 0.3 is 0 Å². The molecule has 3 aliphatic heterocycles. The number of fused-ring (bicyclic) bond motifs is 9. The number of nitrogens with one attached hydrogen (secondary N) is 3. The van der Waals surface area contributed by atoms with E-state index in [0.29, 0.717) is 49.3 Å². The first kappa shape index (κ1) is 53.9. The van der Waals surface area contributed by atoms with Crippen LogP contribution in [0, 0.1) is 55.7 Å². The lowest BCUT2D eigenvalue weighted by molar-refractivity contribution is -0.303. The van der Waals surface area contributed by atoms with Crippen LogP contribution in [0.1, 0.15) is 233 Å². The van der Waals surface area contributed by atoms with Gasteiger partial charge in [0.2, 0.25) is 0 Å². The number of aryl methyl sites for hydroxylation is 1. The van der Waals surface area contributed by atoms with E-state index in [1.807, 2.05) is 7.05 Å². The van der Waals surface area contributed by atoms with Gasteiger partial charge in [0.05, 0.1) is 34.8 Å². The third kappa shape index (κ3) is 7.33. The number of nitrogens with zero attached hydrogens (tertiary/aromatic N) is 1. The standard InChI is InChI=1S/C71H96N4O6/c1-64(2)62(81-64)52(77)35-65(3)23-16-45-37-74-57-48(32-41-30-46(42-14-10-9-11-15-42)33-47(31-41)43-19-28-80-29-20-43)38-75(58(45)57)39-50-53-55(65)51(76)36-67(53,5)68(6)40-70(21-12-13-22-70)63-66(4,25-27-72-8)61(79)54-49-18-26-73-56(49)44-17-24-71(54,34-44)69(63,7)60(68)59(50)78/h18,26,30-31,33,37-38,42-44,50,52,54,59-60,62-63,72-74,77-78H,9-17,19-25,27-29,32,34-36,39-40H2,1-8H3. The van der Waals surface area contributed by atoms with Gasteiger partial charge in [0, 0.05) is 79.2 Å². The van der Waals surface area contributed by atoms with Crippen LogP contribution in [-0.4, -0.2) is 87.0 Å². The van der Waals surface area contributed by atoms with Gasteiger partial charge in [0.15, 0.2) is 5.78 Å². The van der Waals surface area contributed by atoms with Gasteiger partial charge < -0.3 is 39.5 Å². The lowest BCUT2D eigenvalue weighted by Gasteiger charge is -2.79. The van der Waals surface area contributed by atoms with E-state index in [9.17, 15) is 10.2 Å². The number of aromatic amines is 2. The fourth-order valence-electron chi connectivity index (χ4n) is 23.8. The summed E-state index contributed by atoms with van der Waals surface area (Å²) in [5, 5.41) is 30.9. The van der Waals surface area contributed by atoms with E-state index < -0.39 is 44.9 Å². The highest BCUT2D eigenvalue weighted by Crippen LogP contribution is 2.87. The van der Waals surface area contributed by atoms with Crippen molar-refractivity contribution in [3.05, 3.63) is 93.1 Å². The Morgan fingerprint density at radius 1 is 0.864 bits per heavy atom. The van der Waals surface area contributed by atoms with E-state index in [-0.39, 0.29) is 46.4 Å². The maximum Gasteiger partial charge on any atom is 0.160 e. The third-order valence-electron chi connectivity index (χ3n) is 27.0. The number of ketones is 2. The molecule has 4 aromatic rings. The molecule has 14 atom stereocenters. The molecule has 0 radical (unpaired) electrons. The third-order valence-corrected chi connectivity index (χ3v) is 27.0. The number of benzene rings is 1. The number of hydrogen-bond acceptors (Lipinski definition) is 7. The Morgan fingerprint density at radius 3 is 2.31 bits per heavy atom. The van der Waals surface area contributed by atoms with Crippen LogP contribution in [0.2, 0.25) is 0 Å². The molecule has 6 saturated carbocycles. The Kier molecular flexibility index (Phi) is 12.2. The number of ether oxygens (including phenoxy) is 2. The molecule has 2 bridgehead atoms. The average Bonchev–Trinajstić information content (AvgIpc) is 1.70. The van der Waals surface area contributed by atoms with Crippen molar-refractivity contribution in [2.45, 2.75) is 237 Å². The number of carbonyl (C=O) groups excluding carboxylic acids is 2. The van der Waals surface area contributed by atoms with Gasteiger partial charge in [-0.05, 0) is 219 Å².